The van der Waals surface area contributed by atoms with Crippen LogP contribution in [0.4, 0.5) is 10.1 Å². The molecule has 0 saturated heterocycles. The summed E-state index contributed by atoms with van der Waals surface area (Å²) in [5.41, 5.74) is 1.40. The van der Waals surface area contributed by atoms with Gasteiger partial charge >= 0.3 is 0 Å². The zero-order valence-corrected chi connectivity index (χ0v) is 16.9. The fourth-order valence-corrected chi connectivity index (χ4v) is 2.83. The van der Waals surface area contributed by atoms with Crippen molar-refractivity contribution in [3.8, 4) is 11.5 Å². The molecule has 8 heteroatoms. The Morgan fingerprint density at radius 3 is 2.41 bits per heavy atom. The van der Waals surface area contributed by atoms with Crippen LogP contribution in [0.15, 0.2) is 42.5 Å². The van der Waals surface area contributed by atoms with E-state index >= 15 is 0 Å². The first kappa shape index (κ1) is 22.2. The topological polar surface area (TPSA) is 81.1 Å². The van der Waals surface area contributed by atoms with Crippen molar-refractivity contribution in [2.45, 2.75) is 6.42 Å². The van der Waals surface area contributed by atoms with Gasteiger partial charge in [-0.3, -0.25) is 9.59 Å². The molecular formula is C21H27FN3O4+. The summed E-state index contributed by atoms with van der Waals surface area (Å²) in [4.78, 5) is 24.8. The highest BCUT2D eigenvalue weighted by atomic mass is 19.1. The van der Waals surface area contributed by atoms with Crippen LogP contribution in [-0.4, -0.2) is 52.7 Å². The quantitative estimate of drug-likeness (QED) is 0.543. The van der Waals surface area contributed by atoms with Gasteiger partial charge in [-0.15, -0.1) is 0 Å². The van der Waals surface area contributed by atoms with Gasteiger partial charge in [0.05, 0.1) is 21.3 Å². The summed E-state index contributed by atoms with van der Waals surface area (Å²) in [5, 5.41) is 5.46. The number of nitrogens with one attached hydrogen (secondary N) is 3. The molecule has 0 saturated carbocycles. The van der Waals surface area contributed by atoms with Crippen LogP contribution < -0.4 is 25.0 Å². The molecule has 7 nitrogen and oxygen atoms in total. The van der Waals surface area contributed by atoms with Gasteiger partial charge in [-0.25, -0.2) is 4.39 Å². The van der Waals surface area contributed by atoms with Gasteiger partial charge in [-0.1, -0.05) is 12.1 Å². The smallest absolute Gasteiger partial charge is 0.279 e. The van der Waals surface area contributed by atoms with Crippen LogP contribution in [0.5, 0.6) is 11.5 Å². The minimum absolute atomic E-state index is 0.0968. The van der Waals surface area contributed by atoms with Crippen molar-refractivity contribution >= 4 is 17.5 Å². The van der Waals surface area contributed by atoms with E-state index in [1.54, 1.807) is 27.3 Å². The average Bonchev–Trinajstić information content (AvgIpc) is 2.67. The van der Waals surface area contributed by atoms with Gasteiger partial charge in [0.1, 0.15) is 5.82 Å². The van der Waals surface area contributed by atoms with E-state index in [1.807, 2.05) is 18.2 Å². The molecule has 1 atom stereocenters. The number of carbonyl (C=O) groups excluding carboxylic acids is 2. The van der Waals surface area contributed by atoms with Gasteiger partial charge in [0, 0.05) is 12.2 Å². The van der Waals surface area contributed by atoms with Crippen LogP contribution in [0, 0.1) is 5.82 Å². The predicted octanol–water partition coefficient (Wildman–Crippen LogP) is 0.655. The second-order valence-corrected chi connectivity index (χ2v) is 6.66. The Balaban J connectivity index is 1.72. The highest BCUT2D eigenvalue weighted by Crippen LogP contribution is 2.27. The standard InChI is InChI=1S/C21H26FN3O4/c1-25(14-21(27)24-17-6-4-5-16(22)12-17)13-20(26)23-10-9-15-7-8-18(28-2)19(11-15)29-3/h4-8,11-12H,9-10,13-14H2,1-3H3,(H,23,26)(H,24,27)/p+1. The van der Waals surface area contributed by atoms with E-state index in [9.17, 15) is 14.0 Å². The van der Waals surface area contributed by atoms with Crippen LogP contribution >= 0.6 is 0 Å². The third-order valence-electron chi connectivity index (χ3n) is 4.22. The highest BCUT2D eigenvalue weighted by Gasteiger charge is 2.14. The second-order valence-electron chi connectivity index (χ2n) is 6.66. The minimum atomic E-state index is -0.419. The summed E-state index contributed by atoms with van der Waals surface area (Å²) in [7, 11) is 4.90. The summed E-state index contributed by atoms with van der Waals surface area (Å²) in [6.45, 7) is 0.721. The molecule has 0 spiro atoms. The van der Waals surface area contributed by atoms with E-state index in [2.05, 4.69) is 10.6 Å². The third kappa shape index (κ3) is 7.42. The molecular weight excluding hydrogens is 377 g/mol. The average molecular weight is 404 g/mol. The number of ether oxygens (including phenoxy) is 2. The largest absolute Gasteiger partial charge is 0.493 e. The number of rotatable bonds is 10. The lowest BCUT2D eigenvalue weighted by molar-refractivity contribution is -0.862. The number of hydrogen-bond donors (Lipinski definition) is 3. The van der Waals surface area contributed by atoms with Crippen molar-refractivity contribution in [2.24, 2.45) is 0 Å². The normalized spacial score (nSPS) is 11.4. The zero-order valence-electron chi connectivity index (χ0n) is 16.9. The lowest BCUT2D eigenvalue weighted by Gasteiger charge is -2.14. The van der Waals surface area contributed by atoms with Crippen LogP contribution in [0.25, 0.3) is 0 Å². The molecule has 3 N–H and O–H groups in total. The summed E-state index contributed by atoms with van der Waals surface area (Å²) in [5.74, 6) is 0.442. The molecule has 2 amide bonds. The maximum absolute atomic E-state index is 13.2. The van der Waals surface area contributed by atoms with Crippen molar-refractivity contribution in [1.82, 2.24) is 5.32 Å². The molecule has 0 aliphatic carbocycles. The molecule has 0 aliphatic heterocycles. The van der Waals surface area contributed by atoms with Gasteiger partial charge in [0.15, 0.2) is 24.6 Å². The molecule has 0 aromatic heterocycles. The Morgan fingerprint density at radius 2 is 1.72 bits per heavy atom. The number of halogens is 1. The Kier molecular flexibility index (Phi) is 8.42. The summed E-state index contributed by atoms with van der Waals surface area (Å²) in [6, 6.07) is 11.3. The summed E-state index contributed by atoms with van der Waals surface area (Å²) in [6.07, 6.45) is 0.644. The maximum Gasteiger partial charge on any atom is 0.279 e. The van der Waals surface area contributed by atoms with Gasteiger partial charge < -0.3 is 25.0 Å². The molecule has 0 radical (unpaired) electrons. The van der Waals surface area contributed by atoms with Crippen molar-refractivity contribution < 1.29 is 28.4 Å². The lowest BCUT2D eigenvalue weighted by Crippen LogP contribution is -3.11. The number of methoxy groups -OCH3 is 2. The number of likely N-dealkylation sites (N-methyl/N-ethyl adjacent to an activating group) is 1. The number of carbonyl (C=O) groups is 2. The van der Waals surface area contributed by atoms with Crippen LogP contribution in [0.3, 0.4) is 0 Å². The fourth-order valence-electron chi connectivity index (χ4n) is 2.83. The molecule has 2 rings (SSSR count). The first-order chi connectivity index (χ1) is 13.9. The Labute approximate surface area is 169 Å². The second kappa shape index (κ2) is 11.0. The number of hydrogen-bond acceptors (Lipinski definition) is 4. The maximum atomic E-state index is 13.2. The number of quaternary nitrogens is 1. The van der Waals surface area contributed by atoms with E-state index < -0.39 is 5.82 Å². The predicted molar refractivity (Wildman–Crippen MR) is 108 cm³/mol. The number of anilines is 1. The molecule has 0 heterocycles. The molecule has 0 aliphatic rings. The SMILES string of the molecule is COc1ccc(CCNC(=O)C[NH+](C)CC(=O)Nc2cccc(F)c2)cc1OC. The monoisotopic (exact) mass is 404 g/mol. The number of amides is 2. The van der Waals surface area contributed by atoms with E-state index in [4.69, 9.17) is 9.47 Å². The Morgan fingerprint density at radius 1 is 1.00 bits per heavy atom. The lowest BCUT2D eigenvalue weighted by atomic mass is 10.1. The Bertz CT molecular complexity index is 844. The molecule has 2 aromatic rings. The van der Waals surface area contributed by atoms with E-state index in [1.165, 1.54) is 18.2 Å². The molecule has 0 bridgehead atoms. The summed E-state index contributed by atoms with van der Waals surface area (Å²) >= 11 is 0. The van der Waals surface area contributed by atoms with Crippen LogP contribution in [0.1, 0.15) is 5.56 Å². The molecule has 1 unspecified atom stereocenters. The first-order valence-electron chi connectivity index (χ1n) is 9.25. The van der Waals surface area contributed by atoms with Crippen LogP contribution in [-0.2, 0) is 16.0 Å². The molecule has 2 aromatic carbocycles. The van der Waals surface area contributed by atoms with Gasteiger partial charge in [-0.2, -0.15) is 0 Å². The summed E-state index contributed by atoms with van der Waals surface area (Å²) < 4.78 is 23.6. The highest BCUT2D eigenvalue weighted by molar-refractivity contribution is 5.91. The van der Waals surface area contributed by atoms with E-state index in [-0.39, 0.29) is 24.9 Å². The van der Waals surface area contributed by atoms with Crippen molar-refractivity contribution in [3.05, 3.63) is 53.8 Å². The Hall–Kier alpha value is -3.13. The fraction of sp³-hybridized carbons (Fsp3) is 0.333. The van der Waals surface area contributed by atoms with E-state index in [0.29, 0.717) is 30.2 Å². The van der Waals surface area contributed by atoms with Gasteiger partial charge in [-0.05, 0) is 42.3 Å². The first-order valence-corrected chi connectivity index (χ1v) is 9.25. The number of benzene rings is 2. The van der Waals surface area contributed by atoms with Crippen molar-refractivity contribution in [1.29, 1.82) is 0 Å². The molecule has 0 fully saturated rings. The van der Waals surface area contributed by atoms with Gasteiger partial charge in [0.25, 0.3) is 11.8 Å². The zero-order chi connectivity index (χ0) is 21.2. The molecule has 156 valence electrons. The van der Waals surface area contributed by atoms with Crippen LogP contribution in [0.2, 0.25) is 0 Å². The third-order valence-corrected chi connectivity index (χ3v) is 4.22. The van der Waals surface area contributed by atoms with Gasteiger partial charge in [0.2, 0.25) is 0 Å². The van der Waals surface area contributed by atoms with Crippen molar-refractivity contribution in [3.63, 3.8) is 0 Å². The minimum Gasteiger partial charge on any atom is -0.493 e. The van der Waals surface area contributed by atoms with Crippen molar-refractivity contribution in [2.75, 3.05) is 46.2 Å². The van der Waals surface area contributed by atoms with E-state index in [0.717, 1.165) is 10.5 Å². The molecule has 29 heavy (non-hydrogen) atoms.